The lowest BCUT2D eigenvalue weighted by molar-refractivity contribution is -0.123. The van der Waals surface area contributed by atoms with Gasteiger partial charge < -0.3 is 14.8 Å². The summed E-state index contributed by atoms with van der Waals surface area (Å²) >= 11 is 0. The van der Waals surface area contributed by atoms with Crippen LogP contribution in [0.2, 0.25) is 0 Å². The number of nitrogens with one attached hydrogen (secondary N) is 1. The van der Waals surface area contributed by atoms with E-state index < -0.39 is 0 Å². The van der Waals surface area contributed by atoms with Crippen LogP contribution in [0, 0.1) is 0 Å². The van der Waals surface area contributed by atoms with Gasteiger partial charge in [-0.3, -0.25) is 4.79 Å². The van der Waals surface area contributed by atoms with Crippen molar-refractivity contribution >= 4 is 5.91 Å². The Morgan fingerprint density at radius 3 is 2.53 bits per heavy atom. The van der Waals surface area contributed by atoms with Crippen LogP contribution in [0.4, 0.5) is 0 Å². The first-order valence-corrected chi connectivity index (χ1v) is 5.77. The number of hydrogen-bond donors (Lipinski definition) is 1. The van der Waals surface area contributed by atoms with Gasteiger partial charge in [0.05, 0.1) is 6.61 Å². The molecule has 1 N–H and O–H groups in total. The number of benzene rings is 1. The van der Waals surface area contributed by atoms with Crippen LogP contribution in [0.15, 0.2) is 24.3 Å². The summed E-state index contributed by atoms with van der Waals surface area (Å²) in [4.78, 5) is 11.4. The van der Waals surface area contributed by atoms with E-state index in [-0.39, 0.29) is 18.6 Å². The maximum atomic E-state index is 11.4. The maximum absolute atomic E-state index is 11.4. The Kier molecular flexibility index (Phi) is 5.33. The highest BCUT2D eigenvalue weighted by molar-refractivity contribution is 5.77. The molecule has 4 heteroatoms. The molecule has 1 aromatic rings. The van der Waals surface area contributed by atoms with Crippen LogP contribution in [0.25, 0.3) is 0 Å². The lowest BCUT2D eigenvalue weighted by atomic mass is 10.3. The lowest BCUT2D eigenvalue weighted by Gasteiger charge is -2.10. The van der Waals surface area contributed by atoms with E-state index >= 15 is 0 Å². The first-order valence-electron chi connectivity index (χ1n) is 5.77. The molecule has 0 saturated carbocycles. The van der Waals surface area contributed by atoms with Crippen LogP contribution in [-0.4, -0.2) is 25.2 Å². The zero-order valence-corrected chi connectivity index (χ0v) is 10.5. The SMILES string of the molecule is CCOc1cccc(OCC(=O)NC(C)C)c1. The van der Waals surface area contributed by atoms with E-state index in [4.69, 9.17) is 9.47 Å². The molecule has 0 bridgehead atoms. The van der Waals surface area contributed by atoms with Crippen LogP contribution in [-0.2, 0) is 4.79 Å². The molecular weight excluding hydrogens is 218 g/mol. The quantitative estimate of drug-likeness (QED) is 0.823. The number of ether oxygens (including phenoxy) is 2. The number of rotatable bonds is 6. The van der Waals surface area contributed by atoms with Crippen LogP contribution < -0.4 is 14.8 Å². The van der Waals surface area contributed by atoms with E-state index in [0.29, 0.717) is 12.4 Å². The second kappa shape index (κ2) is 6.78. The predicted octanol–water partition coefficient (Wildman–Crippen LogP) is 1.99. The Morgan fingerprint density at radius 1 is 1.29 bits per heavy atom. The highest BCUT2D eigenvalue weighted by Gasteiger charge is 2.04. The predicted molar refractivity (Wildman–Crippen MR) is 66.4 cm³/mol. The van der Waals surface area contributed by atoms with E-state index in [1.54, 1.807) is 12.1 Å². The molecule has 0 aliphatic rings. The fraction of sp³-hybridized carbons (Fsp3) is 0.462. The van der Waals surface area contributed by atoms with E-state index in [9.17, 15) is 4.79 Å². The third-order valence-corrected chi connectivity index (χ3v) is 1.94. The van der Waals surface area contributed by atoms with Crippen molar-refractivity contribution in [2.45, 2.75) is 26.8 Å². The summed E-state index contributed by atoms with van der Waals surface area (Å²) in [7, 11) is 0. The summed E-state index contributed by atoms with van der Waals surface area (Å²) < 4.78 is 10.7. The van der Waals surface area contributed by atoms with E-state index in [1.807, 2.05) is 32.9 Å². The normalized spacial score (nSPS) is 10.1. The van der Waals surface area contributed by atoms with Crippen molar-refractivity contribution in [1.82, 2.24) is 5.32 Å². The largest absolute Gasteiger partial charge is 0.494 e. The Bertz CT molecular complexity index is 363. The number of amides is 1. The molecule has 0 spiro atoms. The van der Waals surface area contributed by atoms with E-state index in [1.165, 1.54) is 0 Å². The monoisotopic (exact) mass is 237 g/mol. The Balaban J connectivity index is 2.45. The van der Waals surface area contributed by atoms with Gasteiger partial charge in [-0.05, 0) is 32.9 Å². The summed E-state index contributed by atoms with van der Waals surface area (Å²) in [6, 6.07) is 7.38. The molecule has 0 saturated heterocycles. The van der Waals surface area contributed by atoms with Crippen molar-refractivity contribution in [3.05, 3.63) is 24.3 Å². The average molecular weight is 237 g/mol. The van der Waals surface area contributed by atoms with Gasteiger partial charge in [0.1, 0.15) is 11.5 Å². The van der Waals surface area contributed by atoms with Crippen LogP contribution in [0.1, 0.15) is 20.8 Å². The van der Waals surface area contributed by atoms with Crippen molar-refractivity contribution < 1.29 is 14.3 Å². The third-order valence-electron chi connectivity index (χ3n) is 1.94. The van der Waals surface area contributed by atoms with Gasteiger partial charge in [0, 0.05) is 12.1 Å². The van der Waals surface area contributed by atoms with Crippen LogP contribution in [0.5, 0.6) is 11.5 Å². The minimum absolute atomic E-state index is 0.0216. The standard InChI is InChI=1S/C13H19NO3/c1-4-16-11-6-5-7-12(8-11)17-9-13(15)14-10(2)3/h5-8,10H,4,9H2,1-3H3,(H,14,15). The van der Waals surface area contributed by atoms with E-state index in [2.05, 4.69) is 5.32 Å². The molecule has 1 amide bonds. The number of carbonyl (C=O) groups is 1. The van der Waals surface area contributed by atoms with Gasteiger partial charge in [-0.2, -0.15) is 0 Å². The van der Waals surface area contributed by atoms with Crippen LogP contribution >= 0.6 is 0 Å². The van der Waals surface area contributed by atoms with Gasteiger partial charge in [-0.1, -0.05) is 6.07 Å². The first kappa shape index (κ1) is 13.4. The molecule has 17 heavy (non-hydrogen) atoms. The second-order valence-electron chi connectivity index (χ2n) is 3.92. The minimum Gasteiger partial charge on any atom is -0.494 e. The van der Waals surface area contributed by atoms with Crippen molar-refractivity contribution in [2.24, 2.45) is 0 Å². The molecule has 0 heterocycles. The van der Waals surface area contributed by atoms with Crippen molar-refractivity contribution in [2.75, 3.05) is 13.2 Å². The van der Waals surface area contributed by atoms with Gasteiger partial charge >= 0.3 is 0 Å². The van der Waals surface area contributed by atoms with Crippen molar-refractivity contribution in [1.29, 1.82) is 0 Å². The summed E-state index contributed by atoms with van der Waals surface area (Å²) in [5.41, 5.74) is 0. The topological polar surface area (TPSA) is 47.6 Å². The molecule has 0 radical (unpaired) electrons. The highest BCUT2D eigenvalue weighted by atomic mass is 16.5. The van der Waals surface area contributed by atoms with Gasteiger partial charge in [0.15, 0.2) is 6.61 Å². The third kappa shape index (κ3) is 5.24. The summed E-state index contributed by atoms with van der Waals surface area (Å²) in [5, 5.41) is 2.76. The molecule has 0 aliphatic heterocycles. The fourth-order valence-electron chi connectivity index (χ4n) is 1.33. The van der Waals surface area contributed by atoms with Crippen LogP contribution in [0.3, 0.4) is 0 Å². The fourth-order valence-corrected chi connectivity index (χ4v) is 1.33. The molecule has 0 atom stereocenters. The van der Waals surface area contributed by atoms with Crippen molar-refractivity contribution in [3.8, 4) is 11.5 Å². The molecule has 0 unspecified atom stereocenters. The molecule has 1 rings (SSSR count). The van der Waals surface area contributed by atoms with E-state index in [0.717, 1.165) is 5.75 Å². The van der Waals surface area contributed by atoms with Gasteiger partial charge in [0.25, 0.3) is 5.91 Å². The Morgan fingerprint density at radius 2 is 1.94 bits per heavy atom. The van der Waals surface area contributed by atoms with Crippen molar-refractivity contribution in [3.63, 3.8) is 0 Å². The zero-order chi connectivity index (χ0) is 12.7. The maximum Gasteiger partial charge on any atom is 0.258 e. The lowest BCUT2D eigenvalue weighted by Crippen LogP contribution is -2.34. The Labute approximate surface area is 102 Å². The van der Waals surface area contributed by atoms with Gasteiger partial charge in [-0.25, -0.2) is 0 Å². The molecular formula is C13H19NO3. The highest BCUT2D eigenvalue weighted by Crippen LogP contribution is 2.19. The zero-order valence-electron chi connectivity index (χ0n) is 10.5. The second-order valence-corrected chi connectivity index (χ2v) is 3.92. The number of hydrogen-bond acceptors (Lipinski definition) is 3. The molecule has 0 fully saturated rings. The number of carbonyl (C=O) groups excluding carboxylic acids is 1. The summed E-state index contributed by atoms with van der Waals surface area (Å²) in [5.74, 6) is 1.26. The Hall–Kier alpha value is -1.71. The molecule has 1 aromatic carbocycles. The molecule has 94 valence electrons. The molecule has 4 nitrogen and oxygen atoms in total. The average Bonchev–Trinajstić information content (AvgIpc) is 2.26. The minimum atomic E-state index is -0.123. The first-order chi connectivity index (χ1) is 8.11. The van der Waals surface area contributed by atoms with Gasteiger partial charge in [0.2, 0.25) is 0 Å². The smallest absolute Gasteiger partial charge is 0.258 e. The molecule has 0 aromatic heterocycles. The summed E-state index contributed by atoms with van der Waals surface area (Å²) in [6.07, 6.45) is 0. The molecule has 0 aliphatic carbocycles. The van der Waals surface area contributed by atoms with Gasteiger partial charge in [-0.15, -0.1) is 0 Å². The summed E-state index contributed by atoms with van der Waals surface area (Å²) in [6.45, 7) is 6.37.